The minimum atomic E-state index is -4.54. The number of piperazine rings is 1. The van der Waals surface area contributed by atoms with Crippen molar-refractivity contribution in [1.82, 2.24) is 20.2 Å². The molecule has 2 saturated heterocycles. The number of aliphatic hydroxyl groups excluding tert-OH is 1. The number of amides is 1. The van der Waals surface area contributed by atoms with Gasteiger partial charge >= 0.3 is 11.8 Å². The summed E-state index contributed by atoms with van der Waals surface area (Å²) in [5, 5.41) is 19.1. The third kappa shape index (κ3) is 5.27. The Bertz CT molecular complexity index is 1250. The summed E-state index contributed by atoms with van der Waals surface area (Å²) in [5.41, 5.74) is -1.30. The maximum absolute atomic E-state index is 13.2. The van der Waals surface area contributed by atoms with E-state index in [-0.39, 0.29) is 17.8 Å². The summed E-state index contributed by atoms with van der Waals surface area (Å²) in [6, 6.07) is 7.83. The SMILES string of the molecule is C#CCNC(=O)c1cc(N2CC[C@@H](O)C2)nc(N2CCN(Cc3ccc(C4(C(F)(F)F)N=N4)cc3)CC2)n1. The summed E-state index contributed by atoms with van der Waals surface area (Å²) < 4.78 is 39.7. The van der Waals surface area contributed by atoms with E-state index in [1.807, 2.05) is 9.80 Å². The summed E-state index contributed by atoms with van der Waals surface area (Å²) in [4.78, 5) is 27.9. The Morgan fingerprint density at radius 3 is 2.39 bits per heavy atom. The molecule has 10 nitrogen and oxygen atoms in total. The molecule has 1 atom stereocenters. The molecule has 5 rings (SSSR count). The van der Waals surface area contributed by atoms with Crippen molar-refractivity contribution >= 4 is 17.7 Å². The second kappa shape index (κ2) is 10.2. The van der Waals surface area contributed by atoms with E-state index in [0.29, 0.717) is 64.0 Å². The Kier molecular flexibility index (Phi) is 6.93. The molecule has 3 aliphatic rings. The average Bonchev–Trinajstić information content (AvgIpc) is 3.63. The molecule has 0 bridgehead atoms. The Morgan fingerprint density at radius 1 is 1.11 bits per heavy atom. The lowest BCUT2D eigenvalue weighted by Crippen LogP contribution is -2.46. The number of benzene rings is 1. The second-order valence-electron chi connectivity index (χ2n) is 9.52. The van der Waals surface area contributed by atoms with E-state index >= 15 is 0 Å². The molecule has 1 amide bonds. The van der Waals surface area contributed by atoms with Crippen molar-refractivity contribution in [2.45, 2.75) is 30.9 Å². The van der Waals surface area contributed by atoms with Crippen molar-refractivity contribution in [2.24, 2.45) is 10.2 Å². The van der Waals surface area contributed by atoms with Crippen molar-refractivity contribution in [1.29, 1.82) is 0 Å². The number of carbonyl (C=O) groups is 1. The number of aromatic nitrogens is 2. The molecule has 3 aliphatic heterocycles. The van der Waals surface area contributed by atoms with Crippen LogP contribution < -0.4 is 15.1 Å². The van der Waals surface area contributed by atoms with Crippen LogP contribution in [-0.4, -0.2) is 84.0 Å². The molecular formula is C25H27F3N8O2. The molecule has 2 fully saturated rings. The number of carbonyl (C=O) groups excluding carboxylic acids is 1. The molecule has 1 aromatic heterocycles. The summed E-state index contributed by atoms with van der Waals surface area (Å²) in [5.74, 6) is 2.98. The molecule has 4 heterocycles. The van der Waals surface area contributed by atoms with Crippen LogP contribution in [0.4, 0.5) is 24.9 Å². The van der Waals surface area contributed by atoms with Crippen LogP contribution in [0, 0.1) is 12.3 Å². The van der Waals surface area contributed by atoms with E-state index in [1.165, 1.54) is 12.1 Å². The van der Waals surface area contributed by atoms with Crippen molar-refractivity contribution in [3.05, 3.63) is 47.2 Å². The van der Waals surface area contributed by atoms with Gasteiger partial charge in [-0.15, -0.1) is 16.7 Å². The molecule has 0 radical (unpaired) electrons. The fraction of sp³-hybridized carbons (Fsp3) is 0.480. The van der Waals surface area contributed by atoms with Gasteiger partial charge in [-0.25, -0.2) is 4.98 Å². The van der Waals surface area contributed by atoms with E-state index < -0.39 is 23.9 Å². The van der Waals surface area contributed by atoms with Gasteiger partial charge in [-0.3, -0.25) is 9.69 Å². The molecule has 0 aliphatic carbocycles. The number of nitrogens with one attached hydrogen (secondary N) is 1. The summed E-state index contributed by atoms with van der Waals surface area (Å²) >= 11 is 0. The third-order valence-electron chi connectivity index (χ3n) is 6.88. The van der Waals surface area contributed by atoms with Crippen LogP contribution in [0.1, 0.15) is 28.0 Å². The predicted molar refractivity (Wildman–Crippen MR) is 133 cm³/mol. The minimum Gasteiger partial charge on any atom is -0.391 e. The number of hydrogen-bond donors (Lipinski definition) is 2. The first-order valence-electron chi connectivity index (χ1n) is 12.3. The molecule has 38 heavy (non-hydrogen) atoms. The first-order chi connectivity index (χ1) is 18.2. The molecule has 2 aromatic rings. The maximum atomic E-state index is 13.2. The molecular weight excluding hydrogens is 501 g/mol. The van der Waals surface area contributed by atoms with Gasteiger partial charge in [0.1, 0.15) is 11.5 Å². The first-order valence-corrected chi connectivity index (χ1v) is 12.3. The highest BCUT2D eigenvalue weighted by Gasteiger charge is 2.65. The van der Waals surface area contributed by atoms with Gasteiger partial charge in [0.25, 0.3) is 5.91 Å². The van der Waals surface area contributed by atoms with E-state index in [1.54, 1.807) is 18.2 Å². The van der Waals surface area contributed by atoms with Crippen LogP contribution in [-0.2, 0) is 12.2 Å². The fourth-order valence-corrected chi connectivity index (χ4v) is 4.66. The van der Waals surface area contributed by atoms with Crippen LogP contribution in [0.25, 0.3) is 0 Å². The van der Waals surface area contributed by atoms with Crippen molar-refractivity contribution in [3.63, 3.8) is 0 Å². The molecule has 0 spiro atoms. The van der Waals surface area contributed by atoms with Gasteiger partial charge < -0.3 is 20.2 Å². The highest BCUT2D eigenvalue weighted by Crippen LogP contribution is 2.52. The molecule has 1 aromatic carbocycles. The highest BCUT2D eigenvalue weighted by molar-refractivity contribution is 5.93. The zero-order valence-corrected chi connectivity index (χ0v) is 20.5. The lowest BCUT2D eigenvalue weighted by Gasteiger charge is -2.35. The fourth-order valence-electron chi connectivity index (χ4n) is 4.66. The molecule has 0 unspecified atom stereocenters. The maximum Gasteiger partial charge on any atom is 0.442 e. The molecule has 2 N–H and O–H groups in total. The number of rotatable bonds is 7. The van der Waals surface area contributed by atoms with Crippen molar-refractivity contribution < 1.29 is 23.1 Å². The van der Waals surface area contributed by atoms with E-state index in [0.717, 1.165) is 5.56 Å². The number of hydrogen-bond acceptors (Lipinski definition) is 9. The second-order valence-corrected chi connectivity index (χ2v) is 9.52. The number of β-amino-alcohol motifs (C(OH)–C–C–N with tert-alkyl or cyclic N) is 1. The van der Waals surface area contributed by atoms with Crippen LogP contribution >= 0.6 is 0 Å². The van der Waals surface area contributed by atoms with Crippen LogP contribution in [0.3, 0.4) is 0 Å². The number of aliphatic hydroxyl groups is 1. The Morgan fingerprint density at radius 2 is 1.82 bits per heavy atom. The lowest BCUT2D eigenvalue weighted by atomic mass is 10.0. The summed E-state index contributed by atoms with van der Waals surface area (Å²) in [6.07, 6.45) is 0.896. The Balaban J connectivity index is 1.24. The van der Waals surface area contributed by atoms with E-state index in [9.17, 15) is 23.1 Å². The monoisotopic (exact) mass is 528 g/mol. The zero-order valence-electron chi connectivity index (χ0n) is 20.5. The van der Waals surface area contributed by atoms with Crippen LogP contribution in [0.2, 0.25) is 0 Å². The Hall–Kier alpha value is -3.76. The van der Waals surface area contributed by atoms with Crippen LogP contribution in [0.15, 0.2) is 40.6 Å². The zero-order chi connectivity index (χ0) is 26.9. The van der Waals surface area contributed by atoms with Gasteiger partial charge in [0, 0.05) is 57.4 Å². The van der Waals surface area contributed by atoms with E-state index in [4.69, 9.17) is 6.42 Å². The number of anilines is 2. The van der Waals surface area contributed by atoms with Crippen LogP contribution in [0.5, 0.6) is 0 Å². The van der Waals surface area contributed by atoms with Gasteiger partial charge in [-0.05, 0) is 12.0 Å². The number of halogens is 3. The third-order valence-corrected chi connectivity index (χ3v) is 6.88. The normalized spacial score (nSPS) is 20.9. The van der Waals surface area contributed by atoms with E-state index in [2.05, 4.69) is 36.3 Å². The number of terminal acetylenes is 1. The van der Waals surface area contributed by atoms with Gasteiger partial charge in [-0.2, -0.15) is 18.2 Å². The number of nitrogens with zero attached hydrogens (tertiary/aromatic N) is 7. The summed E-state index contributed by atoms with van der Waals surface area (Å²) in [7, 11) is 0. The molecule has 200 valence electrons. The van der Waals surface area contributed by atoms with Crippen molar-refractivity contribution in [3.8, 4) is 12.3 Å². The van der Waals surface area contributed by atoms with Crippen molar-refractivity contribution in [2.75, 3.05) is 55.6 Å². The van der Waals surface area contributed by atoms with Gasteiger partial charge in [0.05, 0.1) is 12.6 Å². The predicted octanol–water partition coefficient (Wildman–Crippen LogP) is 1.91. The smallest absolute Gasteiger partial charge is 0.391 e. The molecule has 0 saturated carbocycles. The number of alkyl halides is 3. The van der Waals surface area contributed by atoms with Gasteiger partial charge in [-0.1, -0.05) is 30.2 Å². The lowest BCUT2D eigenvalue weighted by molar-refractivity contribution is -0.166. The first kappa shape index (κ1) is 25.9. The highest BCUT2D eigenvalue weighted by atomic mass is 19.4. The topological polar surface area (TPSA) is 110 Å². The Labute approximate surface area is 217 Å². The average molecular weight is 529 g/mol. The summed E-state index contributed by atoms with van der Waals surface area (Å²) in [6.45, 7) is 4.27. The quantitative estimate of drug-likeness (QED) is 0.529. The standard InChI is InChI=1S/C25H27F3N8O2/c1-2-8-29-22(38)20-14-21(36-9-7-19(37)16-36)31-23(30-20)35-12-10-34(11-13-35)15-17-3-5-18(6-4-17)24(32-33-24)25(26,27)28/h1,3-6,14,19,37H,7-13,15-16H2,(H,29,38)/t19-/m1/s1. The largest absolute Gasteiger partial charge is 0.442 e. The minimum absolute atomic E-state index is 0.0169. The van der Waals surface area contributed by atoms with Gasteiger partial charge in [0.2, 0.25) is 5.95 Å². The molecule has 13 heteroatoms. The van der Waals surface area contributed by atoms with Gasteiger partial charge in [0.15, 0.2) is 0 Å².